The molecule has 1 aromatic rings. The van der Waals surface area contributed by atoms with E-state index in [1.54, 1.807) is 24.3 Å². The van der Waals surface area contributed by atoms with Gasteiger partial charge in [-0.1, -0.05) is 18.1 Å². The van der Waals surface area contributed by atoms with Crippen LogP contribution in [0.25, 0.3) is 0 Å². The van der Waals surface area contributed by atoms with Gasteiger partial charge in [-0.2, -0.15) is 0 Å². The van der Waals surface area contributed by atoms with Crippen LogP contribution in [0.3, 0.4) is 0 Å². The second-order valence-electron chi connectivity index (χ2n) is 2.90. The third-order valence-electron chi connectivity index (χ3n) is 1.91. The fraction of sp³-hybridized carbons (Fsp3) is 0.167. The molecule has 0 bridgehead atoms. The molecule has 0 N–H and O–H groups in total. The summed E-state index contributed by atoms with van der Waals surface area (Å²) in [5.41, 5.74) is 1.16. The van der Waals surface area contributed by atoms with Crippen LogP contribution in [-0.2, 0) is 9.53 Å². The van der Waals surface area contributed by atoms with Gasteiger partial charge in [-0.3, -0.25) is 9.59 Å². The fourth-order valence-corrected chi connectivity index (χ4v) is 1.06. The lowest BCUT2D eigenvalue weighted by Crippen LogP contribution is -2.09. The van der Waals surface area contributed by atoms with Gasteiger partial charge in [0.25, 0.3) is 0 Å². The van der Waals surface area contributed by atoms with E-state index < -0.39 is 5.97 Å². The summed E-state index contributed by atoms with van der Waals surface area (Å²) in [4.78, 5) is 22.3. The van der Waals surface area contributed by atoms with Crippen molar-refractivity contribution in [1.29, 1.82) is 0 Å². The standard InChI is InChI=1S/C12H10O3/c1-3-9-4-6-10(7-5-9)11(13)8-12(14)15-2/h1,4-7H,8H2,2H3. The van der Waals surface area contributed by atoms with Crippen molar-refractivity contribution in [3.05, 3.63) is 35.4 Å². The van der Waals surface area contributed by atoms with Crippen LogP contribution in [0.2, 0.25) is 0 Å². The van der Waals surface area contributed by atoms with E-state index in [4.69, 9.17) is 6.42 Å². The Bertz CT molecular complexity index is 409. The highest BCUT2D eigenvalue weighted by Crippen LogP contribution is 2.06. The number of hydrogen-bond donors (Lipinski definition) is 0. The first-order valence-corrected chi connectivity index (χ1v) is 4.34. The monoisotopic (exact) mass is 202 g/mol. The SMILES string of the molecule is C#Cc1ccc(C(=O)CC(=O)OC)cc1. The van der Waals surface area contributed by atoms with E-state index >= 15 is 0 Å². The Hall–Kier alpha value is -2.08. The average Bonchev–Trinajstić information content (AvgIpc) is 2.29. The molecule has 0 atom stereocenters. The van der Waals surface area contributed by atoms with Crippen LogP contribution in [0.1, 0.15) is 22.3 Å². The lowest BCUT2D eigenvalue weighted by atomic mass is 10.1. The van der Waals surface area contributed by atoms with Gasteiger partial charge >= 0.3 is 5.97 Å². The molecule has 3 heteroatoms. The Kier molecular flexibility index (Phi) is 3.64. The van der Waals surface area contributed by atoms with E-state index in [0.29, 0.717) is 11.1 Å². The third kappa shape index (κ3) is 2.96. The van der Waals surface area contributed by atoms with Crippen molar-refractivity contribution in [3.8, 4) is 12.3 Å². The number of rotatable bonds is 3. The largest absolute Gasteiger partial charge is 0.469 e. The highest BCUT2D eigenvalue weighted by atomic mass is 16.5. The van der Waals surface area contributed by atoms with Crippen molar-refractivity contribution in [2.75, 3.05) is 7.11 Å². The molecule has 0 radical (unpaired) electrons. The topological polar surface area (TPSA) is 43.4 Å². The smallest absolute Gasteiger partial charge is 0.313 e. The van der Waals surface area contributed by atoms with Crippen LogP contribution in [0, 0.1) is 12.3 Å². The molecule has 0 amide bonds. The summed E-state index contributed by atoms with van der Waals surface area (Å²) in [7, 11) is 1.25. The molecule has 0 aliphatic rings. The third-order valence-corrected chi connectivity index (χ3v) is 1.91. The molecule has 0 heterocycles. The predicted octanol–water partition coefficient (Wildman–Crippen LogP) is 1.41. The molecular formula is C12H10O3. The summed E-state index contributed by atoms with van der Waals surface area (Å²) in [6.07, 6.45) is 4.93. The van der Waals surface area contributed by atoms with Crippen molar-refractivity contribution < 1.29 is 14.3 Å². The van der Waals surface area contributed by atoms with E-state index in [-0.39, 0.29) is 12.2 Å². The van der Waals surface area contributed by atoms with Crippen molar-refractivity contribution in [2.45, 2.75) is 6.42 Å². The number of carbonyl (C=O) groups excluding carboxylic acids is 2. The van der Waals surface area contributed by atoms with Crippen molar-refractivity contribution in [3.63, 3.8) is 0 Å². The van der Waals surface area contributed by atoms with Crippen LogP contribution in [0.4, 0.5) is 0 Å². The number of Topliss-reactive ketones (excluding diaryl/α,β-unsaturated/α-hetero) is 1. The van der Waals surface area contributed by atoms with Crippen LogP contribution in [0.5, 0.6) is 0 Å². The van der Waals surface area contributed by atoms with Gasteiger partial charge in [0.2, 0.25) is 0 Å². The van der Waals surface area contributed by atoms with Gasteiger partial charge in [0.15, 0.2) is 5.78 Å². The molecule has 0 saturated heterocycles. The molecule has 0 aliphatic carbocycles. The van der Waals surface area contributed by atoms with Gasteiger partial charge in [-0.05, 0) is 12.1 Å². The molecule has 3 nitrogen and oxygen atoms in total. The zero-order valence-corrected chi connectivity index (χ0v) is 8.32. The summed E-state index contributed by atoms with van der Waals surface area (Å²) >= 11 is 0. The molecule has 0 saturated carbocycles. The van der Waals surface area contributed by atoms with E-state index in [1.165, 1.54) is 7.11 Å². The van der Waals surface area contributed by atoms with E-state index in [2.05, 4.69) is 10.7 Å². The molecule has 1 rings (SSSR count). The van der Waals surface area contributed by atoms with Crippen LogP contribution in [0.15, 0.2) is 24.3 Å². The van der Waals surface area contributed by atoms with E-state index in [9.17, 15) is 9.59 Å². The number of carbonyl (C=O) groups is 2. The second kappa shape index (κ2) is 4.97. The number of terminal acetylenes is 1. The minimum absolute atomic E-state index is 0.244. The van der Waals surface area contributed by atoms with Gasteiger partial charge in [-0.25, -0.2) is 0 Å². The molecule has 76 valence electrons. The number of hydrogen-bond acceptors (Lipinski definition) is 3. The van der Waals surface area contributed by atoms with Gasteiger partial charge in [0.05, 0.1) is 7.11 Å². The molecular weight excluding hydrogens is 192 g/mol. The highest BCUT2D eigenvalue weighted by Gasteiger charge is 2.11. The first-order chi connectivity index (χ1) is 7.17. The Labute approximate surface area is 88.1 Å². The molecule has 15 heavy (non-hydrogen) atoms. The number of methoxy groups -OCH3 is 1. The minimum Gasteiger partial charge on any atom is -0.469 e. The lowest BCUT2D eigenvalue weighted by Gasteiger charge is -1.99. The summed E-state index contributed by atoms with van der Waals surface area (Å²) in [6, 6.07) is 6.51. The zero-order chi connectivity index (χ0) is 11.3. The van der Waals surface area contributed by atoms with Crippen LogP contribution >= 0.6 is 0 Å². The highest BCUT2D eigenvalue weighted by molar-refractivity contribution is 6.05. The van der Waals surface area contributed by atoms with Crippen molar-refractivity contribution in [2.24, 2.45) is 0 Å². The molecule has 1 aromatic carbocycles. The maximum absolute atomic E-state index is 11.5. The minimum atomic E-state index is -0.541. The number of benzene rings is 1. The first-order valence-electron chi connectivity index (χ1n) is 4.34. The predicted molar refractivity (Wildman–Crippen MR) is 55.3 cm³/mol. The Balaban J connectivity index is 2.75. The molecule has 0 fully saturated rings. The maximum Gasteiger partial charge on any atom is 0.313 e. The van der Waals surface area contributed by atoms with Gasteiger partial charge in [-0.15, -0.1) is 6.42 Å². The van der Waals surface area contributed by atoms with Gasteiger partial charge < -0.3 is 4.74 Å². The average molecular weight is 202 g/mol. The Morgan fingerprint density at radius 1 is 1.33 bits per heavy atom. The van der Waals surface area contributed by atoms with Crippen molar-refractivity contribution >= 4 is 11.8 Å². The summed E-state index contributed by atoms with van der Waals surface area (Å²) < 4.78 is 4.40. The number of ketones is 1. The first kappa shape index (κ1) is 11.0. The molecule has 0 aromatic heterocycles. The summed E-state index contributed by atoms with van der Waals surface area (Å²) in [6.45, 7) is 0. The quantitative estimate of drug-likeness (QED) is 0.322. The zero-order valence-electron chi connectivity index (χ0n) is 8.32. The van der Waals surface area contributed by atoms with Gasteiger partial charge in [0, 0.05) is 11.1 Å². The lowest BCUT2D eigenvalue weighted by molar-refractivity contribution is -0.139. The second-order valence-corrected chi connectivity index (χ2v) is 2.90. The molecule has 0 unspecified atom stereocenters. The summed E-state index contributed by atoms with van der Waals surface area (Å²) in [5.74, 6) is 1.63. The molecule has 0 aliphatic heterocycles. The maximum atomic E-state index is 11.5. The normalized spacial score (nSPS) is 9.07. The number of ether oxygens (including phenoxy) is 1. The molecule has 0 spiro atoms. The van der Waals surface area contributed by atoms with Gasteiger partial charge in [0.1, 0.15) is 6.42 Å². The van der Waals surface area contributed by atoms with E-state index in [1.807, 2.05) is 0 Å². The number of esters is 1. The summed E-state index contributed by atoms with van der Waals surface area (Å²) in [5, 5.41) is 0. The van der Waals surface area contributed by atoms with Crippen LogP contribution in [-0.4, -0.2) is 18.9 Å². The fourth-order valence-electron chi connectivity index (χ4n) is 1.06. The van der Waals surface area contributed by atoms with Crippen molar-refractivity contribution in [1.82, 2.24) is 0 Å². The Morgan fingerprint density at radius 2 is 1.93 bits per heavy atom. The Morgan fingerprint density at radius 3 is 2.40 bits per heavy atom. The van der Waals surface area contributed by atoms with Crippen LogP contribution < -0.4 is 0 Å². The van der Waals surface area contributed by atoms with E-state index in [0.717, 1.165) is 0 Å².